The highest BCUT2D eigenvalue weighted by molar-refractivity contribution is 5.83. The Morgan fingerprint density at radius 3 is 2.63 bits per heavy atom. The first-order chi connectivity index (χ1) is 8.90. The Hall–Kier alpha value is -1.42. The van der Waals surface area contributed by atoms with Crippen LogP contribution in [0.4, 0.5) is 4.39 Å². The van der Waals surface area contributed by atoms with Gasteiger partial charge in [-0.3, -0.25) is 4.79 Å². The van der Waals surface area contributed by atoms with Gasteiger partial charge in [-0.05, 0) is 43.9 Å². The smallest absolute Gasteiger partial charge is 0.227 e. The minimum Gasteiger partial charge on any atom is -0.393 e. The van der Waals surface area contributed by atoms with Crippen molar-refractivity contribution in [3.8, 4) is 0 Å². The summed E-state index contributed by atoms with van der Waals surface area (Å²) in [5.74, 6) is -0.624. The van der Waals surface area contributed by atoms with Gasteiger partial charge in [0.2, 0.25) is 5.91 Å². The van der Waals surface area contributed by atoms with E-state index in [1.807, 2.05) is 6.92 Å². The van der Waals surface area contributed by atoms with Crippen LogP contribution in [0.1, 0.15) is 38.7 Å². The average Bonchev–Trinajstić information content (AvgIpc) is 2.34. The molecule has 1 rings (SSSR count). The van der Waals surface area contributed by atoms with Gasteiger partial charge in [-0.2, -0.15) is 0 Å². The van der Waals surface area contributed by atoms with E-state index in [1.165, 1.54) is 12.1 Å². The zero-order chi connectivity index (χ0) is 14.4. The normalized spacial score (nSPS) is 15.6. The number of aliphatic hydroxyl groups is 1. The number of carbonyl (C=O) groups is 1. The largest absolute Gasteiger partial charge is 0.393 e. The number of amides is 1. The Kier molecular flexibility index (Phi) is 5.96. The van der Waals surface area contributed by atoms with Crippen LogP contribution in [-0.2, 0) is 4.79 Å². The third kappa shape index (κ3) is 5.39. The highest BCUT2D eigenvalue weighted by Gasteiger charge is 2.16. The number of hydrogen-bond acceptors (Lipinski definition) is 2. The van der Waals surface area contributed by atoms with Crippen LogP contribution >= 0.6 is 0 Å². The fraction of sp³-hybridized carbons (Fsp3) is 0.533. The van der Waals surface area contributed by atoms with Gasteiger partial charge in [0.25, 0.3) is 0 Å². The van der Waals surface area contributed by atoms with Crippen LogP contribution in [0, 0.1) is 11.7 Å². The molecule has 3 atom stereocenters. The molecule has 19 heavy (non-hydrogen) atoms. The van der Waals surface area contributed by atoms with Gasteiger partial charge in [-0.15, -0.1) is 0 Å². The molecule has 3 nitrogen and oxygen atoms in total. The van der Waals surface area contributed by atoms with Crippen LogP contribution in [0.3, 0.4) is 0 Å². The minimum absolute atomic E-state index is 0.122. The molecule has 0 saturated carbocycles. The van der Waals surface area contributed by atoms with Crippen LogP contribution in [0.2, 0.25) is 0 Å². The van der Waals surface area contributed by atoms with E-state index in [2.05, 4.69) is 5.32 Å². The number of aliphatic hydroxyl groups excluding tert-OH is 1. The minimum atomic E-state index is -0.380. The molecule has 0 bridgehead atoms. The number of halogens is 1. The van der Waals surface area contributed by atoms with Gasteiger partial charge in [0, 0.05) is 6.54 Å². The van der Waals surface area contributed by atoms with Gasteiger partial charge in [-0.1, -0.05) is 19.1 Å². The van der Waals surface area contributed by atoms with Crippen molar-refractivity contribution in [3.05, 3.63) is 35.6 Å². The summed E-state index contributed by atoms with van der Waals surface area (Å²) in [6.45, 7) is 5.97. The highest BCUT2D eigenvalue weighted by atomic mass is 19.1. The quantitative estimate of drug-likeness (QED) is 0.831. The maximum atomic E-state index is 13.1. The molecule has 0 spiro atoms. The molecule has 1 amide bonds. The van der Waals surface area contributed by atoms with Gasteiger partial charge in [0.15, 0.2) is 0 Å². The van der Waals surface area contributed by atoms with Crippen molar-refractivity contribution >= 4 is 5.91 Å². The fourth-order valence-corrected chi connectivity index (χ4v) is 2.02. The van der Waals surface area contributed by atoms with Crippen LogP contribution in [0.15, 0.2) is 24.3 Å². The van der Waals surface area contributed by atoms with Crippen LogP contribution in [-0.4, -0.2) is 23.7 Å². The summed E-state index contributed by atoms with van der Waals surface area (Å²) >= 11 is 0. The molecule has 3 unspecified atom stereocenters. The third-order valence-electron chi connectivity index (χ3n) is 3.11. The lowest BCUT2D eigenvalue weighted by atomic mass is 9.99. The van der Waals surface area contributed by atoms with Crippen molar-refractivity contribution in [1.29, 1.82) is 0 Å². The number of hydrogen-bond donors (Lipinski definition) is 2. The van der Waals surface area contributed by atoms with Crippen molar-refractivity contribution in [2.24, 2.45) is 5.92 Å². The van der Waals surface area contributed by atoms with E-state index in [1.54, 1.807) is 26.0 Å². The predicted molar refractivity (Wildman–Crippen MR) is 73.3 cm³/mol. The zero-order valence-corrected chi connectivity index (χ0v) is 11.7. The lowest BCUT2D eigenvalue weighted by Crippen LogP contribution is -2.32. The van der Waals surface area contributed by atoms with Crippen molar-refractivity contribution in [3.63, 3.8) is 0 Å². The maximum absolute atomic E-state index is 13.1. The van der Waals surface area contributed by atoms with E-state index < -0.39 is 0 Å². The summed E-state index contributed by atoms with van der Waals surface area (Å²) in [7, 11) is 0. The predicted octanol–water partition coefficient (Wildman–Crippen LogP) is 2.45. The average molecular weight is 267 g/mol. The number of nitrogens with one attached hydrogen (secondary N) is 1. The Morgan fingerprint density at radius 1 is 1.37 bits per heavy atom. The molecule has 0 aliphatic carbocycles. The number of benzene rings is 1. The first kappa shape index (κ1) is 15.6. The first-order valence-corrected chi connectivity index (χ1v) is 6.61. The molecule has 0 heterocycles. The summed E-state index contributed by atoms with van der Waals surface area (Å²) in [6.07, 6.45) is 0.279. The van der Waals surface area contributed by atoms with Crippen LogP contribution in [0.25, 0.3) is 0 Å². The lowest BCUT2D eigenvalue weighted by Gasteiger charge is -2.17. The standard InChI is InChI=1S/C15H22FNO2/c1-10(7-11(2)18)9-17-15(19)12(3)13-5-4-6-14(16)8-13/h4-6,8,10-12,18H,7,9H2,1-3H3,(H,17,19). The van der Waals surface area contributed by atoms with E-state index in [0.717, 1.165) is 0 Å². The molecule has 0 fully saturated rings. The van der Waals surface area contributed by atoms with E-state index in [4.69, 9.17) is 0 Å². The first-order valence-electron chi connectivity index (χ1n) is 6.61. The number of rotatable bonds is 6. The lowest BCUT2D eigenvalue weighted by molar-refractivity contribution is -0.122. The summed E-state index contributed by atoms with van der Waals surface area (Å²) < 4.78 is 13.1. The topological polar surface area (TPSA) is 49.3 Å². The van der Waals surface area contributed by atoms with Gasteiger partial charge in [-0.25, -0.2) is 4.39 Å². The Morgan fingerprint density at radius 2 is 2.05 bits per heavy atom. The zero-order valence-electron chi connectivity index (χ0n) is 11.7. The van der Waals surface area contributed by atoms with Crippen molar-refractivity contribution in [2.75, 3.05) is 6.54 Å². The second-order valence-corrected chi connectivity index (χ2v) is 5.21. The fourth-order valence-electron chi connectivity index (χ4n) is 2.02. The van der Waals surface area contributed by atoms with Gasteiger partial charge < -0.3 is 10.4 Å². The monoisotopic (exact) mass is 267 g/mol. The van der Waals surface area contributed by atoms with E-state index in [0.29, 0.717) is 18.5 Å². The maximum Gasteiger partial charge on any atom is 0.227 e. The van der Waals surface area contributed by atoms with Gasteiger partial charge in [0.05, 0.1) is 12.0 Å². The molecule has 2 N–H and O–H groups in total. The second-order valence-electron chi connectivity index (χ2n) is 5.21. The molecule has 106 valence electrons. The number of carbonyl (C=O) groups excluding carboxylic acids is 1. The molecule has 0 saturated heterocycles. The second kappa shape index (κ2) is 7.24. The van der Waals surface area contributed by atoms with Gasteiger partial charge >= 0.3 is 0 Å². The van der Waals surface area contributed by atoms with Crippen LogP contribution < -0.4 is 5.32 Å². The molecular weight excluding hydrogens is 245 g/mol. The molecule has 0 aromatic heterocycles. The third-order valence-corrected chi connectivity index (χ3v) is 3.11. The molecule has 0 aliphatic heterocycles. The summed E-state index contributed by atoms with van der Waals surface area (Å²) in [5, 5.41) is 12.1. The van der Waals surface area contributed by atoms with Crippen molar-refractivity contribution in [1.82, 2.24) is 5.32 Å². The summed E-state index contributed by atoms with van der Waals surface area (Å²) in [4.78, 5) is 11.9. The SMILES string of the molecule is CC(O)CC(C)CNC(=O)C(C)c1cccc(F)c1. The molecule has 1 aromatic carbocycles. The summed E-state index contributed by atoms with van der Waals surface area (Å²) in [5.41, 5.74) is 0.667. The molecular formula is C15H22FNO2. The molecule has 0 radical (unpaired) electrons. The Balaban J connectivity index is 2.49. The van der Waals surface area contributed by atoms with E-state index >= 15 is 0 Å². The molecule has 4 heteroatoms. The van der Waals surface area contributed by atoms with E-state index in [-0.39, 0.29) is 29.7 Å². The van der Waals surface area contributed by atoms with Crippen LogP contribution in [0.5, 0.6) is 0 Å². The molecule has 0 aliphatic rings. The highest BCUT2D eigenvalue weighted by Crippen LogP contribution is 2.16. The Bertz CT molecular complexity index is 420. The molecule has 1 aromatic rings. The van der Waals surface area contributed by atoms with Crippen molar-refractivity contribution < 1.29 is 14.3 Å². The van der Waals surface area contributed by atoms with Crippen molar-refractivity contribution in [2.45, 2.75) is 39.2 Å². The van der Waals surface area contributed by atoms with Gasteiger partial charge in [0.1, 0.15) is 5.82 Å². The summed E-state index contributed by atoms with van der Waals surface area (Å²) in [6, 6.07) is 6.08. The van der Waals surface area contributed by atoms with E-state index in [9.17, 15) is 14.3 Å². The Labute approximate surface area is 113 Å².